The smallest absolute Gasteiger partial charge is 0.337 e. The molecule has 1 aliphatic heterocycles. The van der Waals surface area contributed by atoms with Gasteiger partial charge in [-0.1, -0.05) is 11.6 Å². The van der Waals surface area contributed by atoms with Crippen molar-refractivity contribution in [2.45, 2.75) is 12.8 Å². The molecule has 0 unspecified atom stereocenters. The Morgan fingerprint density at radius 2 is 1.82 bits per heavy atom. The van der Waals surface area contributed by atoms with Crippen LogP contribution >= 0.6 is 11.6 Å². The van der Waals surface area contributed by atoms with Gasteiger partial charge in [0, 0.05) is 12.8 Å². The van der Waals surface area contributed by atoms with Crippen molar-refractivity contribution in [3.8, 4) is 0 Å². The molecule has 1 heterocycles. The van der Waals surface area contributed by atoms with Crippen LogP contribution in [0.2, 0.25) is 5.02 Å². The molecule has 1 aliphatic rings. The van der Waals surface area contributed by atoms with Crippen LogP contribution in [0, 0.1) is 0 Å². The van der Waals surface area contributed by atoms with Crippen LogP contribution in [-0.4, -0.2) is 22.9 Å². The molecule has 0 saturated carbocycles. The normalized spacial score (nSPS) is 15.5. The van der Waals surface area contributed by atoms with Gasteiger partial charge in [-0.3, -0.25) is 14.5 Å². The third kappa shape index (κ3) is 2.01. The molecule has 2 amide bonds. The molecule has 6 heteroatoms. The molecule has 1 aromatic rings. The van der Waals surface area contributed by atoms with Crippen LogP contribution < -0.4 is 4.90 Å². The lowest BCUT2D eigenvalue weighted by molar-refractivity contribution is -0.121. The van der Waals surface area contributed by atoms with E-state index in [-0.39, 0.29) is 35.2 Å². The molecular weight excluding hydrogens is 246 g/mol. The predicted octanol–water partition coefficient (Wildman–Crippen LogP) is 1.69. The zero-order valence-corrected chi connectivity index (χ0v) is 9.40. The van der Waals surface area contributed by atoms with Crippen molar-refractivity contribution in [1.29, 1.82) is 0 Å². The highest BCUT2D eigenvalue weighted by Gasteiger charge is 2.30. The summed E-state index contributed by atoms with van der Waals surface area (Å²) in [5.41, 5.74) is 0.252. The molecule has 88 valence electrons. The second-order valence-electron chi connectivity index (χ2n) is 3.59. The number of hydrogen-bond acceptors (Lipinski definition) is 3. The molecule has 1 fully saturated rings. The van der Waals surface area contributed by atoms with Crippen molar-refractivity contribution in [2.24, 2.45) is 0 Å². The lowest BCUT2D eigenvalue weighted by Crippen LogP contribution is -2.28. The number of aromatic carboxylic acids is 1. The van der Waals surface area contributed by atoms with Crippen LogP contribution in [0.4, 0.5) is 5.69 Å². The molecule has 1 saturated heterocycles. The number of rotatable bonds is 2. The Kier molecular flexibility index (Phi) is 2.85. The van der Waals surface area contributed by atoms with E-state index in [1.165, 1.54) is 18.2 Å². The van der Waals surface area contributed by atoms with E-state index < -0.39 is 5.97 Å². The first-order valence-electron chi connectivity index (χ1n) is 4.89. The van der Waals surface area contributed by atoms with Gasteiger partial charge in [0.1, 0.15) is 0 Å². The highest BCUT2D eigenvalue weighted by atomic mass is 35.5. The Hall–Kier alpha value is -1.88. The van der Waals surface area contributed by atoms with E-state index >= 15 is 0 Å². The van der Waals surface area contributed by atoms with Gasteiger partial charge in [-0.2, -0.15) is 0 Å². The number of nitrogens with zero attached hydrogens (tertiary/aromatic N) is 1. The lowest BCUT2D eigenvalue weighted by Gasteiger charge is -2.14. The summed E-state index contributed by atoms with van der Waals surface area (Å²) in [6, 6.07) is 3.99. The van der Waals surface area contributed by atoms with Crippen molar-refractivity contribution in [1.82, 2.24) is 0 Å². The van der Waals surface area contributed by atoms with Crippen molar-refractivity contribution in [2.75, 3.05) is 4.90 Å². The van der Waals surface area contributed by atoms with Crippen molar-refractivity contribution in [3.05, 3.63) is 28.8 Å². The number of benzene rings is 1. The number of amides is 2. The predicted molar refractivity (Wildman–Crippen MR) is 60.1 cm³/mol. The van der Waals surface area contributed by atoms with Gasteiger partial charge < -0.3 is 5.11 Å². The van der Waals surface area contributed by atoms with E-state index in [9.17, 15) is 14.4 Å². The first-order chi connectivity index (χ1) is 8.00. The summed E-state index contributed by atoms with van der Waals surface area (Å²) >= 11 is 5.77. The summed E-state index contributed by atoms with van der Waals surface area (Å²) in [4.78, 5) is 34.7. The molecule has 0 atom stereocenters. The molecule has 1 aromatic carbocycles. The summed E-state index contributed by atoms with van der Waals surface area (Å²) in [6.07, 6.45) is 0.355. The number of halogens is 1. The van der Waals surface area contributed by atoms with E-state index in [2.05, 4.69) is 0 Å². The second kappa shape index (κ2) is 4.18. The Morgan fingerprint density at radius 1 is 1.24 bits per heavy atom. The third-order valence-electron chi connectivity index (χ3n) is 2.49. The van der Waals surface area contributed by atoms with Crippen molar-refractivity contribution in [3.63, 3.8) is 0 Å². The average molecular weight is 254 g/mol. The van der Waals surface area contributed by atoms with Crippen LogP contribution in [0.5, 0.6) is 0 Å². The van der Waals surface area contributed by atoms with Crippen LogP contribution in [0.3, 0.4) is 0 Å². The minimum atomic E-state index is -1.15. The van der Waals surface area contributed by atoms with Gasteiger partial charge in [-0.05, 0) is 18.2 Å². The maximum atomic E-state index is 11.5. The molecule has 1 N–H and O–H groups in total. The van der Waals surface area contributed by atoms with Gasteiger partial charge >= 0.3 is 5.97 Å². The summed E-state index contributed by atoms with van der Waals surface area (Å²) in [7, 11) is 0. The monoisotopic (exact) mass is 253 g/mol. The number of anilines is 1. The van der Waals surface area contributed by atoms with Crippen LogP contribution in [-0.2, 0) is 9.59 Å². The molecular formula is C11H8ClNO4. The molecule has 0 bridgehead atoms. The Morgan fingerprint density at radius 3 is 2.29 bits per heavy atom. The fourth-order valence-electron chi connectivity index (χ4n) is 1.68. The second-order valence-corrected chi connectivity index (χ2v) is 4.00. The average Bonchev–Trinajstić information content (AvgIpc) is 2.58. The van der Waals surface area contributed by atoms with E-state index in [0.29, 0.717) is 5.69 Å². The van der Waals surface area contributed by atoms with Gasteiger partial charge in [0.25, 0.3) is 0 Å². The van der Waals surface area contributed by atoms with Gasteiger partial charge in [0.05, 0.1) is 16.3 Å². The van der Waals surface area contributed by atoms with Crippen LogP contribution in [0.15, 0.2) is 18.2 Å². The minimum Gasteiger partial charge on any atom is -0.478 e. The summed E-state index contributed by atoms with van der Waals surface area (Å²) in [5.74, 6) is -1.75. The number of carbonyl (C=O) groups is 3. The largest absolute Gasteiger partial charge is 0.478 e. The first kappa shape index (κ1) is 11.6. The number of carboxylic acid groups (broad SMARTS) is 1. The molecule has 5 nitrogen and oxygen atoms in total. The Labute approximate surface area is 102 Å². The number of hydrogen-bond donors (Lipinski definition) is 1. The molecule has 0 spiro atoms. The maximum Gasteiger partial charge on any atom is 0.337 e. The van der Waals surface area contributed by atoms with Crippen molar-refractivity contribution >= 4 is 35.1 Å². The number of carboxylic acids is 1. The first-order valence-corrected chi connectivity index (χ1v) is 5.27. The molecule has 0 aliphatic carbocycles. The van der Waals surface area contributed by atoms with Crippen LogP contribution in [0.1, 0.15) is 23.2 Å². The Bertz CT molecular complexity index is 510. The maximum absolute atomic E-state index is 11.5. The highest BCUT2D eigenvalue weighted by molar-refractivity contribution is 6.34. The fourth-order valence-corrected chi connectivity index (χ4v) is 1.94. The third-order valence-corrected chi connectivity index (χ3v) is 2.81. The van der Waals surface area contributed by atoms with Gasteiger partial charge in [-0.25, -0.2) is 4.79 Å². The molecule has 2 rings (SSSR count). The van der Waals surface area contributed by atoms with Crippen LogP contribution in [0.25, 0.3) is 0 Å². The van der Waals surface area contributed by atoms with Gasteiger partial charge in [0.15, 0.2) is 0 Å². The minimum absolute atomic E-state index is 0.00231. The summed E-state index contributed by atoms with van der Waals surface area (Å²) in [6.45, 7) is 0. The van der Waals surface area contributed by atoms with E-state index in [1.807, 2.05) is 0 Å². The van der Waals surface area contributed by atoms with E-state index in [1.54, 1.807) is 0 Å². The van der Waals surface area contributed by atoms with Gasteiger partial charge in [0.2, 0.25) is 11.8 Å². The zero-order valence-electron chi connectivity index (χ0n) is 8.64. The van der Waals surface area contributed by atoms with E-state index in [0.717, 1.165) is 4.90 Å². The standard InChI is InChI=1S/C11H8ClNO4/c12-8-5-6(1-2-7(8)11(16)17)13-9(14)3-4-10(13)15/h1-2,5H,3-4H2,(H,16,17). The quantitative estimate of drug-likeness (QED) is 0.814. The lowest BCUT2D eigenvalue weighted by atomic mass is 10.2. The summed E-state index contributed by atoms with van der Waals surface area (Å²) < 4.78 is 0. The summed E-state index contributed by atoms with van der Waals surface area (Å²) in [5, 5.41) is 8.80. The number of imide groups is 1. The number of carbonyl (C=O) groups excluding carboxylic acids is 2. The molecule has 0 aromatic heterocycles. The topological polar surface area (TPSA) is 74.7 Å². The molecule has 0 radical (unpaired) electrons. The van der Waals surface area contributed by atoms with E-state index in [4.69, 9.17) is 16.7 Å². The van der Waals surface area contributed by atoms with Crippen molar-refractivity contribution < 1.29 is 19.5 Å². The Balaban J connectivity index is 2.41. The zero-order chi connectivity index (χ0) is 12.6. The SMILES string of the molecule is O=C(O)c1ccc(N2C(=O)CCC2=O)cc1Cl. The highest BCUT2D eigenvalue weighted by Crippen LogP contribution is 2.27. The fraction of sp³-hybridized carbons (Fsp3) is 0.182. The molecule has 17 heavy (non-hydrogen) atoms. The van der Waals surface area contributed by atoms with Gasteiger partial charge in [-0.15, -0.1) is 0 Å².